The van der Waals surface area contributed by atoms with Crippen molar-refractivity contribution in [3.8, 4) is 0 Å². The van der Waals surface area contributed by atoms with Gasteiger partial charge in [0.1, 0.15) is 0 Å². The molecule has 3 rings (SSSR count). The zero-order valence-corrected chi connectivity index (χ0v) is 11.2. The molecule has 0 spiro atoms. The Kier molecular flexibility index (Phi) is 3.13. The number of nitrogens with zero attached hydrogens (tertiary/aromatic N) is 3. The van der Waals surface area contributed by atoms with Crippen LogP contribution in [0.15, 0.2) is 35.6 Å². The van der Waals surface area contributed by atoms with E-state index in [9.17, 15) is 13.2 Å². The number of halogens is 3. The maximum Gasteiger partial charge on any atom is 0.453 e. The molecule has 0 aliphatic heterocycles. The first-order valence-corrected chi connectivity index (χ1v) is 6.23. The Morgan fingerprint density at radius 2 is 2.05 bits per heavy atom. The highest BCUT2D eigenvalue weighted by Gasteiger charge is 2.37. The molecule has 21 heavy (non-hydrogen) atoms. The van der Waals surface area contributed by atoms with Gasteiger partial charge in [0.15, 0.2) is 0 Å². The van der Waals surface area contributed by atoms with E-state index in [1.807, 2.05) is 24.3 Å². The number of rotatable bonds is 2. The fourth-order valence-electron chi connectivity index (χ4n) is 1.90. The molecule has 9 heteroatoms. The van der Waals surface area contributed by atoms with Crippen molar-refractivity contribution < 1.29 is 13.2 Å². The lowest BCUT2D eigenvalue weighted by Gasteiger charge is -2.03. The molecule has 0 fully saturated rings. The largest absolute Gasteiger partial charge is 0.453 e. The third-order valence-corrected chi connectivity index (χ3v) is 3.10. The van der Waals surface area contributed by atoms with E-state index < -0.39 is 12.0 Å². The highest BCUT2D eigenvalue weighted by atomic mass is 32.1. The molecule has 0 aliphatic rings. The molecule has 0 saturated carbocycles. The molecule has 0 bridgehead atoms. The number of aromatic nitrogens is 4. The van der Waals surface area contributed by atoms with Gasteiger partial charge in [-0.3, -0.25) is 0 Å². The van der Waals surface area contributed by atoms with Crippen LogP contribution in [-0.2, 0) is 6.18 Å². The Bertz CT molecular complexity index is 871. The molecule has 108 valence electrons. The van der Waals surface area contributed by atoms with Crippen molar-refractivity contribution in [3.05, 3.63) is 46.6 Å². The van der Waals surface area contributed by atoms with Crippen LogP contribution in [0.25, 0.3) is 10.9 Å². The number of alkyl halides is 3. The van der Waals surface area contributed by atoms with Gasteiger partial charge in [0.2, 0.25) is 4.77 Å². The molecular formula is C12H8F3N5S. The molecule has 3 aromatic rings. The van der Waals surface area contributed by atoms with Crippen LogP contribution in [-0.4, -0.2) is 26.1 Å². The lowest BCUT2D eigenvalue weighted by atomic mass is 10.2. The maximum atomic E-state index is 12.8. The Labute approximate surface area is 121 Å². The molecule has 0 unspecified atom stereocenters. The van der Waals surface area contributed by atoms with E-state index in [1.54, 1.807) is 6.20 Å². The van der Waals surface area contributed by atoms with Crippen LogP contribution in [0.5, 0.6) is 0 Å². The van der Waals surface area contributed by atoms with E-state index in [2.05, 4.69) is 20.3 Å². The number of fused-ring (bicyclic) bond motifs is 1. The summed E-state index contributed by atoms with van der Waals surface area (Å²) in [5, 5.41) is 9.86. The van der Waals surface area contributed by atoms with Gasteiger partial charge in [-0.05, 0) is 18.3 Å². The average molecular weight is 311 g/mol. The van der Waals surface area contributed by atoms with Crippen molar-refractivity contribution in [2.24, 2.45) is 5.10 Å². The molecule has 0 amide bonds. The third kappa shape index (κ3) is 2.47. The molecular weight excluding hydrogens is 303 g/mol. The van der Waals surface area contributed by atoms with Crippen LogP contribution in [0.1, 0.15) is 11.4 Å². The smallest absolute Gasteiger partial charge is 0.361 e. The summed E-state index contributed by atoms with van der Waals surface area (Å²) in [6.45, 7) is 0. The van der Waals surface area contributed by atoms with Crippen LogP contribution < -0.4 is 0 Å². The molecule has 2 N–H and O–H groups in total. The van der Waals surface area contributed by atoms with Crippen LogP contribution in [0.4, 0.5) is 13.2 Å². The zero-order valence-electron chi connectivity index (χ0n) is 10.3. The average Bonchev–Trinajstić information content (AvgIpc) is 3.00. The molecule has 1 aromatic carbocycles. The molecule has 2 heterocycles. The molecule has 0 radical (unpaired) electrons. The van der Waals surface area contributed by atoms with Gasteiger partial charge in [-0.2, -0.15) is 22.9 Å². The van der Waals surface area contributed by atoms with E-state index in [1.165, 1.54) is 6.21 Å². The number of para-hydroxylation sites is 1. The number of hydrogen-bond acceptors (Lipinski definition) is 3. The van der Waals surface area contributed by atoms with Gasteiger partial charge < -0.3 is 4.98 Å². The van der Waals surface area contributed by atoms with Gasteiger partial charge in [-0.25, -0.2) is 5.10 Å². The van der Waals surface area contributed by atoms with Crippen LogP contribution in [0.3, 0.4) is 0 Å². The second kappa shape index (κ2) is 4.85. The first kappa shape index (κ1) is 13.6. The van der Waals surface area contributed by atoms with Gasteiger partial charge in [-0.15, -0.1) is 5.10 Å². The van der Waals surface area contributed by atoms with Crippen molar-refractivity contribution in [2.45, 2.75) is 6.18 Å². The summed E-state index contributed by atoms with van der Waals surface area (Å²) in [7, 11) is 0. The molecule has 2 aromatic heterocycles. The monoisotopic (exact) mass is 311 g/mol. The fraction of sp³-hybridized carbons (Fsp3) is 0.0833. The van der Waals surface area contributed by atoms with Gasteiger partial charge in [-0.1, -0.05) is 18.2 Å². The highest BCUT2D eigenvalue weighted by Crippen LogP contribution is 2.27. The van der Waals surface area contributed by atoms with Crippen molar-refractivity contribution in [1.29, 1.82) is 0 Å². The Balaban J connectivity index is 2.05. The maximum absolute atomic E-state index is 12.8. The van der Waals surface area contributed by atoms with Gasteiger partial charge in [0.05, 0.1) is 6.21 Å². The number of aromatic amines is 2. The van der Waals surface area contributed by atoms with E-state index >= 15 is 0 Å². The summed E-state index contributed by atoms with van der Waals surface area (Å²) in [6.07, 6.45) is -1.67. The number of hydrogen-bond donors (Lipinski definition) is 2. The first-order chi connectivity index (χ1) is 9.97. The van der Waals surface area contributed by atoms with Crippen LogP contribution in [0, 0.1) is 4.77 Å². The number of nitrogens with one attached hydrogen (secondary N) is 2. The predicted molar refractivity (Wildman–Crippen MR) is 73.7 cm³/mol. The zero-order chi connectivity index (χ0) is 15.0. The van der Waals surface area contributed by atoms with E-state index in [-0.39, 0.29) is 4.77 Å². The minimum atomic E-state index is -4.63. The lowest BCUT2D eigenvalue weighted by Crippen LogP contribution is -2.12. The molecule has 0 atom stereocenters. The Morgan fingerprint density at radius 1 is 1.29 bits per heavy atom. The van der Waals surface area contributed by atoms with Crippen LogP contribution in [0.2, 0.25) is 0 Å². The highest BCUT2D eigenvalue weighted by molar-refractivity contribution is 7.71. The SMILES string of the molecule is FC(F)(F)c1n[nH]c(=S)n1/N=C\c1c[nH]c2ccccc12. The minimum Gasteiger partial charge on any atom is -0.361 e. The van der Waals surface area contributed by atoms with Crippen molar-refractivity contribution >= 4 is 29.3 Å². The van der Waals surface area contributed by atoms with E-state index in [4.69, 9.17) is 12.2 Å². The lowest BCUT2D eigenvalue weighted by molar-refractivity contribution is -0.147. The van der Waals surface area contributed by atoms with Crippen molar-refractivity contribution in [1.82, 2.24) is 19.9 Å². The first-order valence-electron chi connectivity index (χ1n) is 5.82. The van der Waals surface area contributed by atoms with Crippen molar-refractivity contribution in [3.63, 3.8) is 0 Å². The van der Waals surface area contributed by atoms with Gasteiger partial charge >= 0.3 is 6.18 Å². The topological polar surface area (TPSA) is 61.8 Å². The summed E-state index contributed by atoms with van der Waals surface area (Å²) in [5.74, 6) is -1.19. The van der Waals surface area contributed by atoms with Gasteiger partial charge in [0.25, 0.3) is 5.82 Å². The Hall–Kier alpha value is -2.42. The van der Waals surface area contributed by atoms with E-state index in [0.29, 0.717) is 10.2 Å². The normalized spacial score (nSPS) is 12.5. The predicted octanol–water partition coefficient (Wildman–Crippen LogP) is 3.32. The standard InChI is InChI=1S/C12H8F3N5S/c13-12(14,15)10-18-19-11(21)20(10)17-6-7-5-16-9-4-2-1-3-8(7)9/h1-6,16H,(H,19,21)/b17-6-. The summed E-state index contributed by atoms with van der Waals surface area (Å²) in [6, 6.07) is 7.38. The fourth-order valence-corrected chi connectivity index (χ4v) is 2.08. The Morgan fingerprint density at radius 3 is 2.81 bits per heavy atom. The quantitative estimate of drug-likeness (QED) is 0.563. The summed E-state index contributed by atoms with van der Waals surface area (Å²) in [5.41, 5.74) is 1.52. The minimum absolute atomic E-state index is 0.224. The molecule has 0 aliphatic carbocycles. The van der Waals surface area contributed by atoms with Gasteiger partial charge in [0, 0.05) is 22.7 Å². The van der Waals surface area contributed by atoms with E-state index in [0.717, 1.165) is 10.9 Å². The second-order valence-corrected chi connectivity index (χ2v) is 4.58. The number of benzene rings is 1. The van der Waals surface area contributed by atoms with Crippen LogP contribution >= 0.6 is 12.2 Å². The molecule has 5 nitrogen and oxygen atoms in total. The second-order valence-electron chi connectivity index (χ2n) is 4.20. The summed E-state index contributed by atoms with van der Waals surface area (Å²) >= 11 is 4.76. The number of H-pyrrole nitrogens is 2. The summed E-state index contributed by atoms with van der Waals surface area (Å²) < 4.78 is 38.6. The molecule has 0 saturated heterocycles. The third-order valence-electron chi connectivity index (χ3n) is 2.84. The van der Waals surface area contributed by atoms with Crippen molar-refractivity contribution in [2.75, 3.05) is 0 Å². The summed E-state index contributed by atoms with van der Waals surface area (Å²) in [4.78, 5) is 3.01.